The van der Waals surface area contributed by atoms with Gasteiger partial charge < -0.3 is 19.9 Å². The van der Waals surface area contributed by atoms with Crippen molar-refractivity contribution in [2.24, 2.45) is 5.92 Å². The van der Waals surface area contributed by atoms with E-state index in [1.807, 2.05) is 53.6 Å². The number of fused-ring (bicyclic) bond motifs is 1. The van der Waals surface area contributed by atoms with E-state index in [4.69, 9.17) is 4.74 Å². The van der Waals surface area contributed by atoms with E-state index in [0.717, 1.165) is 48.7 Å². The van der Waals surface area contributed by atoms with Gasteiger partial charge in [-0.25, -0.2) is 0 Å². The molecule has 5 rings (SSSR count). The number of H-pyrrole nitrogens is 1. The predicted octanol–water partition coefficient (Wildman–Crippen LogP) is 3.99. The Labute approximate surface area is 181 Å². The van der Waals surface area contributed by atoms with E-state index in [2.05, 4.69) is 10.3 Å². The van der Waals surface area contributed by atoms with Gasteiger partial charge in [0, 0.05) is 47.7 Å². The maximum Gasteiger partial charge on any atom is 0.255 e. The van der Waals surface area contributed by atoms with Crippen molar-refractivity contribution < 1.29 is 14.3 Å². The minimum Gasteiger partial charge on any atom is -0.492 e. The van der Waals surface area contributed by atoms with Gasteiger partial charge in [-0.2, -0.15) is 0 Å². The maximum atomic E-state index is 13.1. The molecule has 2 aliphatic rings. The highest BCUT2D eigenvalue weighted by atomic mass is 16.5. The van der Waals surface area contributed by atoms with Crippen molar-refractivity contribution in [1.29, 1.82) is 0 Å². The zero-order chi connectivity index (χ0) is 21.2. The van der Waals surface area contributed by atoms with E-state index < -0.39 is 0 Å². The first-order valence-corrected chi connectivity index (χ1v) is 11.1. The summed E-state index contributed by atoms with van der Waals surface area (Å²) in [4.78, 5) is 30.6. The molecule has 0 spiro atoms. The number of hydrogen-bond acceptors (Lipinski definition) is 3. The molecule has 2 heterocycles. The van der Waals surface area contributed by atoms with Crippen LogP contribution in [0, 0.1) is 5.92 Å². The van der Waals surface area contributed by atoms with Gasteiger partial charge in [0.05, 0.1) is 12.2 Å². The van der Waals surface area contributed by atoms with Gasteiger partial charge in [0.2, 0.25) is 0 Å². The molecule has 1 aliphatic heterocycles. The summed E-state index contributed by atoms with van der Waals surface area (Å²) in [7, 11) is 0. The molecule has 1 saturated carbocycles. The Hall–Kier alpha value is -3.28. The average Bonchev–Trinajstić information content (AvgIpc) is 3.49. The zero-order valence-corrected chi connectivity index (χ0v) is 17.5. The summed E-state index contributed by atoms with van der Waals surface area (Å²) in [5.74, 6) is 0.853. The lowest BCUT2D eigenvalue weighted by atomic mass is 9.98. The molecule has 6 nitrogen and oxygen atoms in total. The number of para-hydroxylation sites is 1. The number of ether oxygens (including phenoxy) is 1. The van der Waals surface area contributed by atoms with Gasteiger partial charge in [-0.3, -0.25) is 9.59 Å². The number of hydrogen-bond donors (Lipinski definition) is 2. The van der Waals surface area contributed by atoms with Crippen molar-refractivity contribution in [3.05, 3.63) is 65.9 Å². The molecule has 6 heteroatoms. The van der Waals surface area contributed by atoms with Crippen LogP contribution >= 0.6 is 0 Å². The Morgan fingerprint density at radius 1 is 1.10 bits per heavy atom. The van der Waals surface area contributed by atoms with Gasteiger partial charge in [-0.1, -0.05) is 12.1 Å². The number of benzene rings is 2. The van der Waals surface area contributed by atoms with Crippen LogP contribution in [0.25, 0.3) is 10.9 Å². The van der Waals surface area contributed by atoms with Crippen molar-refractivity contribution in [3.8, 4) is 5.75 Å². The summed E-state index contributed by atoms with van der Waals surface area (Å²) < 4.78 is 6.08. The standard InChI is InChI=1S/C25H27N3O3/c29-24(27-20-8-9-20)21-5-1-2-6-23(21)31-16-17-4-3-13-28(15-17)25(30)19-7-10-22-18(14-19)11-12-26-22/h1-2,5-7,10-12,14,17,20,26H,3-4,8-9,13,15-16H2,(H,27,29). The number of amides is 2. The SMILES string of the molecule is O=C(NC1CC1)c1ccccc1OCC1CCCN(C(=O)c2ccc3[nH]ccc3c2)C1. The third-order valence-corrected chi connectivity index (χ3v) is 6.13. The molecule has 1 atom stereocenters. The highest BCUT2D eigenvalue weighted by molar-refractivity contribution is 5.98. The molecule has 1 unspecified atom stereocenters. The second-order valence-corrected chi connectivity index (χ2v) is 8.59. The van der Waals surface area contributed by atoms with Crippen LogP contribution < -0.4 is 10.1 Å². The van der Waals surface area contributed by atoms with Crippen LogP contribution in [0.2, 0.25) is 0 Å². The van der Waals surface area contributed by atoms with E-state index in [9.17, 15) is 9.59 Å². The first-order valence-electron chi connectivity index (χ1n) is 11.1. The minimum absolute atomic E-state index is 0.0667. The van der Waals surface area contributed by atoms with E-state index >= 15 is 0 Å². The third kappa shape index (κ3) is 4.43. The fraction of sp³-hybridized carbons (Fsp3) is 0.360. The molecule has 2 fully saturated rings. The highest BCUT2D eigenvalue weighted by Crippen LogP contribution is 2.25. The van der Waals surface area contributed by atoms with Gasteiger partial charge in [0.15, 0.2) is 0 Å². The monoisotopic (exact) mass is 417 g/mol. The number of aromatic amines is 1. The summed E-state index contributed by atoms with van der Waals surface area (Å²) in [6.07, 6.45) is 5.96. The molecule has 2 amide bonds. The van der Waals surface area contributed by atoms with E-state index in [1.54, 1.807) is 6.07 Å². The molecule has 3 aromatic rings. The zero-order valence-electron chi connectivity index (χ0n) is 17.5. The topological polar surface area (TPSA) is 74.4 Å². The molecular weight excluding hydrogens is 390 g/mol. The lowest BCUT2D eigenvalue weighted by Gasteiger charge is -2.33. The van der Waals surface area contributed by atoms with Crippen LogP contribution in [0.3, 0.4) is 0 Å². The van der Waals surface area contributed by atoms with Crippen LogP contribution in [0.1, 0.15) is 46.4 Å². The molecule has 1 aliphatic carbocycles. The van der Waals surface area contributed by atoms with Crippen LogP contribution in [-0.2, 0) is 0 Å². The molecule has 160 valence electrons. The molecule has 2 N–H and O–H groups in total. The normalized spacial score (nSPS) is 18.7. The number of carbonyl (C=O) groups is 2. The van der Waals surface area contributed by atoms with Crippen molar-refractivity contribution in [3.63, 3.8) is 0 Å². The summed E-state index contributed by atoms with van der Waals surface area (Å²) in [6.45, 7) is 1.93. The molecule has 2 aromatic carbocycles. The Morgan fingerprint density at radius 2 is 1.97 bits per heavy atom. The number of nitrogens with one attached hydrogen (secondary N) is 2. The second kappa shape index (κ2) is 8.46. The number of nitrogens with zero attached hydrogens (tertiary/aromatic N) is 1. The molecule has 0 bridgehead atoms. The Bertz CT molecular complexity index is 1100. The average molecular weight is 418 g/mol. The third-order valence-electron chi connectivity index (χ3n) is 6.13. The smallest absolute Gasteiger partial charge is 0.255 e. The number of likely N-dealkylation sites (tertiary alicyclic amines) is 1. The van der Waals surface area contributed by atoms with Crippen molar-refractivity contribution in [1.82, 2.24) is 15.2 Å². The predicted molar refractivity (Wildman–Crippen MR) is 119 cm³/mol. The number of piperidine rings is 1. The first-order chi connectivity index (χ1) is 15.2. The fourth-order valence-corrected chi connectivity index (χ4v) is 4.23. The number of aromatic nitrogens is 1. The van der Waals surface area contributed by atoms with Crippen LogP contribution in [0.4, 0.5) is 0 Å². The fourth-order valence-electron chi connectivity index (χ4n) is 4.23. The molecule has 1 aromatic heterocycles. The molecular formula is C25H27N3O3. The van der Waals surface area contributed by atoms with Gasteiger partial charge in [-0.05, 0) is 62.1 Å². The Balaban J connectivity index is 1.22. The summed E-state index contributed by atoms with van der Waals surface area (Å²) >= 11 is 0. The van der Waals surface area contributed by atoms with E-state index in [-0.39, 0.29) is 17.7 Å². The number of carbonyl (C=O) groups excluding carboxylic acids is 2. The van der Waals surface area contributed by atoms with Crippen LogP contribution in [-0.4, -0.2) is 47.4 Å². The highest BCUT2D eigenvalue weighted by Gasteiger charge is 2.27. The lowest BCUT2D eigenvalue weighted by molar-refractivity contribution is 0.0633. The van der Waals surface area contributed by atoms with Crippen LogP contribution in [0.5, 0.6) is 5.75 Å². The van der Waals surface area contributed by atoms with Gasteiger partial charge in [0.1, 0.15) is 5.75 Å². The van der Waals surface area contributed by atoms with Crippen molar-refractivity contribution >= 4 is 22.7 Å². The number of rotatable bonds is 6. The minimum atomic E-state index is -0.0707. The van der Waals surface area contributed by atoms with Gasteiger partial charge in [0.25, 0.3) is 11.8 Å². The van der Waals surface area contributed by atoms with Gasteiger partial charge >= 0.3 is 0 Å². The van der Waals surface area contributed by atoms with Crippen molar-refractivity contribution in [2.75, 3.05) is 19.7 Å². The Morgan fingerprint density at radius 3 is 2.84 bits per heavy atom. The summed E-state index contributed by atoms with van der Waals surface area (Å²) in [6, 6.07) is 15.5. The molecule has 31 heavy (non-hydrogen) atoms. The largest absolute Gasteiger partial charge is 0.492 e. The second-order valence-electron chi connectivity index (χ2n) is 8.59. The molecule has 1 saturated heterocycles. The van der Waals surface area contributed by atoms with E-state index in [1.165, 1.54) is 0 Å². The first kappa shape index (κ1) is 19.7. The lowest BCUT2D eigenvalue weighted by Crippen LogP contribution is -2.41. The maximum absolute atomic E-state index is 13.1. The summed E-state index contributed by atoms with van der Waals surface area (Å²) in [5, 5.41) is 4.07. The van der Waals surface area contributed by atoms with E-state index in [0.29, 0.717) is 30.5 Å². The molecule has 0 radical (unpaired) electrons. The summed E-state index contributed by atoms with van der Waals surface area (Å²) in [5.41, 5.74) is 2.33. The quantitative estimate of drug-likeness (QED) is 0.637. The van der Waals surface area contributed by atoms with Crippen molar-refractivity contribution in [2.45, 2.75) is 31.7 Å². The van der Waals surface area contributed by atoms with Crippen LogP contribution in [0.15, 0.2) is 54.7 Å². The van der Waals surface area contributed by atoms with Gasteiger partial charge in [-0.15, -0.1) is 0 Å². The Kier molecular flexibility index (Phi) is 5.37.